The van der Waals surface area contributed by atoms with E-state index in [1.165, 1.54) is 0 Å². The maximum atomic E-state index is 11.0. The van der Waals surface area contributed by atoms with E-state index in [1.54, 1.807) is 13.8 Å². The van der Waals surface area contributed by atoms with Gasteiger partial charge in [-0.2, -0.15) is 0 Å². The van der Waals surface area contributed by atoms with Crippen LogP contribution in [0.3, 0.4) is 0 Å². The van der Waals surface area contributed by atoms with E-state index in [4.69, 9.17) is 21.1 Å². The molecule has 4 nitrogen and oxygen atoms in total. The fourth-order valence-corrected chi connectivity index (χ4v) is 1.19. The Balaban J connectivity index is 2.70. The molecule has 0 aromatic heterocycles. The van der Waals surface area contributed by atoms with Crippen molar-refractivity contribution < 1.29 is 19.1 Å². The lowest BCUT2D eigenvalue weighted by molar-refractivity contribution is -0.205. The minimum atomic E-state index is -1.01. The summed E-state index contributed by atoms with van der Waals surface area (Å²) in [5.41, 5.74) is 0. The van der Waals surface area contributed by atoms with Crippen molar-refractivity contribution >= 4 is 23.4 Å². The largest absolute Gasteiger partial charge is 0.456 e. The van der Waals surface area contributed by atoms with Gasteiger partial charge >= 0.3 is 5.97 Å². The number of alkyl halides is 1. The first-order chi connectivity index (χ1) is 6.43. The Morgan fingerprint density at radius 2 is 2.14 bits per heavy atom. The van der Waals surface area contributed by atoms with Crippen molar-refractivity contribution in [2.45, 2.75) is 26.1 Å². The summed E-state index contributed by atoms with van der Waals surface area (Å²) in [4.78, 5) is 22.0. The number of cyclic esters (lactones) is 1. The Morgan fingerprint density at radius 3 is 2.64 bits per heavy atom. The van der Waals surface area contributed by atoms with Crippen LogP contribution in [0.25, 0.3) is 0 Å². The van der Waals surface area contributed by atoms with Crippen molar-refractivity contribution in [3.05, 3.63) is 11.8 Å². The lowest BCUT2D eigenvalue weighted by atomic mass is 10.2. The summed E-state index contributed by atoms with van der Waals surface area (Å²) >= 11 is 5.33. The van der Waals surface area contributed by atoms with Gasteiger partial charge in [0.1, 0.15) is 5.76 Å². The zero-order valence-electron chi connectivity index (χ0n) is 8.00. The molecular weight excluding hydrogens is 208 g/mol. The first-order valence-corrected chi connectivity index (χ1v) is 4.66. The van der Waals surface area contributed by atoms with Crippen LogP contribution in [0.15, 0.2) is 11.8 Å². The molecule has 0 saturated carbocycles. The van der Waals surface area contributed by atoms with Gasteiger partial charge in [0, 0.05) is 13.8 Å². The van der Waals surface area contributed by atoms with Crippen molar-refractivity contribution in [1.29, 1.82) is 0 Å². The SMILES string of the molecule is CC1(C)OC(=O)C=C(CC(=O)CCl)O1. The monoisotopic (exact) mass is 218 g/mol. The number of carbonyl (C=O) groups excluding carboxylic acids is 2. The van der Waals surface area contributed by atoms with Gasteiger partial charge in [0.25, 0.3) is 0 Å². The average molecular weight is 219 g/mol. The van der Waals surface area contributed by atoms with E-state index < -0.39 is 11.8 Å². The number of hydrogen-bond donors (Lipinski definition) is 0. The Bertz CT molecular complexity index is 293. The van der Waals surface area contributed by atoms with Crippen LogP contribution in [0.2, 0.25) is 0 Å². The molecule has 0 radical (unpaired) electrons. The van der Waals surface area contributed by atoms with Gasteiger partial charge in [-0.3, -0.25) is 4.79 Å². The maximum absolute atomic E-state index is 11.0. The van der Waals surface area contributed by atoms with Crippen LogP contribution in [0.1, 0.15) is 20.3 Å². The highest BCUT2D eigenvalue weighted by atomic mass is 35.5. The molecule has 0 aromatic rings. The number of allylic oxidation sites excluding steroid dienone is 1. The standard InChI is InChI=1S/C9H11ClO4/c1-9(2)13-7(3-6(11)5-10)4-8(12)14-9/h4H,3,5H2,1-2H3. The highest BCUT2D eigenvalue weighted by Gasteiger charge is 2.30. The molecule has 0 bridgehead atoms. The molecule has 1 aliphatic rings. The minimum Gasteiger partial charge on any atom is -0.456 e. The van der Waals surface area contributed by atoms with E-state index in [9.17, 15) is 9.59 Å². The summed E-state index contributed by atoms with van der Waals surface area (Å²) in [6.45, 7) is 3.20. The summed E-state index contributed by atoms with van der Waals surface area (Å²) in [6.07, 6.45) is 1.19. The van der Waals surface area contributed by atoms with Crippen molar-refractivity contribution in [3.8, 4) is 0 Å². The molecule has 0 saturated heterocycles. The Morgan fingerprint density at radius 1 is 1.50 bits per heavy atom. The van der Waals surface area contributed by atoms with E-state index in [2.05, 4.69) is 0 Å². The van der Waals surface area contributed by atoms with Crippen LogP contribution >= 0.6 is 11.6 Å². The number of ketones is 1. The summed E-state index contributed by atoms with van der Waals surface area (Å²) in [5, 5.41) is 0. The Hall–Kier alpha value is -1.03. The molecule has 1 rings (SSSR count). The van der Waals surface area contributed by atoms with Gasteiger partial charge in [0.15, 0.2) is 5.78 Å². The normalized spacial score (nSPS) is 19.4. The Kier molecular flexibility index (Phi) is 3.16. The van der Waals surface area contributed by atoms with E-state index in [1.807, 2.05) is 0 Å². The molecule has 0 fully saturated rings. The smallest absolute Gasteiger partial charge is 0.337 e. The molecule has 0 aromatic carbocycles. The molecular formula is C9H11ClO4. The van der Waals surface area contributed by atoms with Crippen LogP contribution in [0.5, 0.6) is 0 Å². The Labute approximate surface area is 86.8 Å². The van der Waals surface area contributed by atoms with Crippen molar-refractivity contribution in [2.24, 2.45) is 0 Å². The van der Waals surface area contributed by atoms with Crippen molar-refractivity contribution in [2.75, 3.05) is 5.88 Å². The summed E-state index contributed by atoms with van der Waals surface area (Å²) in [7, 11) is 0. The van der Waals surface area contributed by atoms with E-state index in [0.717, 1.165) is 6.08 Å². The van der Waals surface area contributed by atoms with Gasteiger partial charge in [0.2, 0.25) is 5.79 Å². The first kappa shape index (κ1) is 11.0. The first-order valence-electron chi connectivity index (χ1n) is 4.13. The zero-order chi connectivity index (χ0) is 10.8. The van der Waals surface area contributed by atoms with Gasteiger partial charge in [-0.1, -0.05) is 0 Å². The molecule has 0 atom stereocenters. The van der Waals surface area contributed by atoms with Crippen LogP contribution in [-0.4, -0.2) is 23.4 Å². The third kappa shape index (κ3) is 3.03. The summed E-state index contributed by atoms with van der Waals surface area (Å²) in [6, 6.07) is 0. The molecule has 1 aliphatic heterocycles. The number of carbonyl (C=O) groups is 2. The highest BCUT2D eigenvalue weighted by Crippen LogP contribution is 2.23. The molecule has 1 heterocycles. The molecule has 78 valence electrons. The van der Waals surface area contributed by atoms with Crippen molar-refractivity contribution in [3.63, 3.8) is 0 Å². The number of Topliss-reactive ketones (excluding diaryl/α,β-unsaturated/α-hetero) is 1. The third-order valence-electron chi connectivity index (χ3n) is 1.52. The predicted molar refractivity (Wildman–Crippen MR) is 49.7 cm³/mol. The number of esters is 1. The maximum Gasteiger partial charge on any atom is 0.337 e. The second-order valence-electron chi connectivity index (χ2n) is 3.38. The quantitative estimate of drug-likeness (QED) is 0.531. The van der Waals surface area contributed by atoms with Crippen molar-refractivity contribution in [1.82, 2.24) is 0 Å². The lowest BCUT2D eigenvalue weighted by Gasteiger charge is -2.30. The van der Waals surface area contributed by atoms with Gasteiger partial charge < -0.3 is 9.47 Å². The molecule has 0 aliphatic carbocycles. The van der Waals surface area contributed by atoms with Gasteiger partial charge in [-0.15, -0.1) is 11.6 Å². The number of halogens is 1. The molecule has 0 N–H and O–H groups in total. The minimum absolute atomic E-state index is 0.0298. The topological polar surface area (TPSA) is 52.6 Å². The average Bonchev–Trinajstić information content (AvgIpc) is 1.99. The van der Waals surface area contributed by atoms with Crippen LogP contribution in [-0.2, 0) is 19.1 Å². The van der Waals surface area contributed by atoms with Gasteiger partial charge in [-0.05, 0) is 0 Å². The molecule has 14 heavy (non-hydrogen) atoms. The zero-order valence-corrected chi connectivity index (χ0v) is 8.76. The molecule has 0 spiro atoms. The van der Waals surface area contributed by atoms with Crippen LogP contribution in [0, 0.1) is 0 Å². The van der Waals surface area contributed by atoms with E-state index in [0.29, 0.717) is 5.76 Å². The highest BCUT2D eigenvalue weighted by molar-refractivity contribution is 6.27. The summed E-state index contributed by atoms with van der Waals surface area (Å²) in [5.74, 6) is -1.48. The van der Waals surface area contributed by atoms with Gasteiger partial charge in [-0.25, -0.2) is 4.79 Å². The second kappa shape index (κ2) is 4.00. The lowest BCUT2D eigenvalue weighted by Crippen LogP contribution is -2.34. The summed E-state index contributed by atoms with van der Waals surface area (Å²) < 4.78 is 10.1. The van der Waals surface area contributed by atoms with E-state index in [-0.39, 0.29) is 18.1 Å². The van der Waals surface area contributed by atoms with E-state index >= 15 is 0 Å². The van der Waals surface area contributed by atoms with Gasteiger partial charge in [0.05, 0.1) is 18.4 Å². The van der Waals surface area contributed by atoms with Crippen LogP contribution < -0.4 is 0 Å². The third-order valence-corrected chi connectivity index (χ3v) is 1.82. The number of rotatable bonds is 3. The fraction of sp³-hybridized carbons (Fsp3) is 0.556. The molecule has 0 amide bonds. The van der Waals surface area contributed by atoms with Crippen LogP contribution in [0.4, 0.5) is 0 Å². The molecule has 0 unspecified atom stereocenters. The predicted octanol–water partition coefficient (Wildman–Crippen LogP) is 1.38. The number of hydrogen-bond acceptors (Lipinski definition) is 4. The fourth-order valence-electron chi connectivity index (χ4n) is 1.10. The molecule has 5 heteroatoms. The second-order valence-corrected chi connectivity index (χ2v) is 3.65. The number of ether oxygens (including phenoxy) is 2.